The van der Waals surface area contributed by atoms with Crippen molar-refractivity contribution in [2.45, 2.75) is 6.42 Å². The van der Waals surface area contributed by atoms with Gasteiger partial charge in [0.2, 0.25) is 0 Å². The molecule has 2 aromatic heterocycles. The van der Waals surface area contributed by atoms with Crippen LogP contribution in [-0.4, -0.2) is 35.9 Å². The fourth-order valence-corrected chi connectivity index (χ4v) is 4.33. The first-order valence-corrected chi connectivity index (χ1v) is 12.0. The maximum Gasteiger partial charge on any atom is 0.261 e. The van der Waals surface area contributed by atoms with Crippen LogP contribution in [0.2, 0.25) is 0 Å². The van der Waals surface area contributed by atoms with E-state index in [1.807, 2.05) is 36.4 Å². The minimum absolute atomic E-state index is 0.154. The van der Waals surface area contributed by atoms with Gasteiger partial charge in [0, 0.05) is 48.9 Å². The summed E-state index contributed by atoms with van der Waals surface area (Å²) in [6.45, 7) is 0. The fraction of sp³-hybridized carbons (Fsp3) is 0.167. The van der Waals surface area contributed by atoms with Gasteiger partial charge in [-0.05, 0) is 29.8 Å². The molecular weight excluding hydrogens is 482 g/mol. The lowest BCUT2D eigenvalue weighted by atomic mass is 10.1. The third-order valence-electron chi connectivity index (χ3n) is 6.37. The second-order valence-electron chi connectivity index (χ2n) is 8.61. The van der Waals surface area contributed by atoms with E-state index >= 15 is 0 Å². The molecule has 0 fully saturated rings. The highest BCUT2D eigenvalue weighted by atomic mass is 16.5. The standard InChI is InChI=1S/C30H27N3O5/c1-33-29(14-19-8-6-5-7-9-19)32-18-23(30(33)34)21-11-10-20(15-26(21)35-2)38-25-12-13-31-24-17-28(37-4)27(36-3)16-22(24)25/h5-13,15-18H,14H2,1-4H3. The Bertz CT molecular complexity index is 1670. The molecule has 0 amide bonds. The number of benzene rings is 3. The van der Waals surface area contributed by atoms with Crippen LogP contribution >= 0.6 is 0 Å². The van der Waals surface area contributed by atoms with Gasteiger partial charge in [-0.15, -0.1) is 0 Å². The lowest BCUT2D eigenvalue weighted by Gasteiger charge is -2.15. The number of hydrogen-bond acceptors (Lipinski definition) is 7. The molecule has 0 aliphatic rings. The van der Waals surface area contributed by atoms with Crippen molar-refractivity contribution in [3.05, 3.63) is 101 Å². The molecule has 0 N–H and O–H groups in total. The van der Waals surface area contributed by atoms with Crippen LogP contribution in [0.4, 0.5) is 0 Å². The van der Waals surface area contributed by atoms with E-state index in [9.17, 15) is 4.79 Å². The van der Waals surface area contributed by atoms with E-state index in [2.05, 4.69) is 9.97 Å². The van der Waals surface area contributed by atoms with E-state index in [1.165, 1.54) is 0 Å². The number of fused-ring (bicyclic) bond motifs is 1. The highest BCUT2D eigenvalue weighted by molar-refractivity contribution is 5.88. The largest absolute Gasteiger partial charge is 0.496 e. The molecule has 0 aliphatic heterocycles. The Kier molecular flexibility index (Phi) is 6.95. The van der Waals surface area contributed by atoms with Crippen molar-refractivity contribution in [1.82, 2.24) is 14.5 Å². The molecule has 0 radical (unpaired) electrons. The van der Waals surface area contributed by atoms with Crippen molar-refractivity contribution >= 4 is 10.9 Å². The van der Waals surface area contributed by atoms with Crippen LogP contribution in [0.25, 0.3) is 22.0 Å². The van der Waals surface area contributed by atoms with Crippen LogP contribution in [0.5, 0.6) is 28.7 Å². The summed E-state index contributed by atoms with van der Waals surface area (Å²) >= 11 is 0. The summed E-state index contributed by atoms with van der Waals surface area (Å²) in [5, 5.41) is 0.764. The zero-order chi connectivity index (χ0) is 26.6. The molecule has 5 aromatic rings. The van der Waals surface area contributed by atoms with Crippen LogP contribution in [0.3, 0.4) is 0 Å². The van der Waals surface area contributed by atoms with Gasteiger partial charge >= 0.3 is 0 Å². The van der Waals surface area contributed by atoms with Crippen molar-refractivity contribution in [2.24, 2.45) is 7.05 Å². The normalized spacial score (nSPS) is 10.8. The molecule has 0 unspecified atom stereocenters. The number of aromatic nitrogens is 3. The van der Waals surface area contributed by atoms with E-state index in [1.54, 1.807) is 75.7 Å². The molecule has 0 aliphatic carbocycles. The molecule has 5 rings (SSSR count). The zero-order valence-electron chi connectivity index (χ0n) is 21.6. The molecule has 0 spiro atoms. The second kappa shape index (κ2) is 10.6. The maximum absolute atomic E-state index is 13.3. The van der Waals surface area contributed by atoms with Gasteiger partial charge in [-0.1, -0.05) is 30.3 Å². The third kappa shape index (κ3) is 4.76. The van der Waals surface area contributed by atoms with Gasteiger partial charge in [-0.3, -0.25) is 14.3 Å². The molecule has 0 bridgehead atoms. The number of rotatable bonds is 8. The molecule has 2 heterocycles. The zero-order valence-corrected chi connectivity index (χ0v) is 21.6. The monoisotopic (exact) mass is 509 g/mol. The lowest BCUT2D eigenvalue weighted by Crippen LogP contribution is -2.23. The predicted octanol–water partition coefficient (Wildman–Crippen LogP) is 5.40. The van der Waals surface area contributed by atoms with Gasteiger partial charge < -0.3 is 18.9 Å². The van der Waals surface area contributed by atoms with E-state index in [4.69, 9.17) is 18.9 Å². The van der Waals surface area contributed by atoms with Crippen molar-refractivity contribution in [2.75, 3.05) is 21.3 Å². The van der Waals surface area contributed by atoms with Crippen LogP contribution < -0.4 is 24.5 Å². The number of methoxy groups -OCH3 is 3. The molecule has 8 heteroatoms. The first kappa shape index (κ1) is 24.8. The topological polar surface area (TPSA) is 84.7 Å². The van der Waals surface area contributed by atoms with Gasteiger partial charge in [0.05, 0.1) is 32.4 Å². The Morgan fingerprint density at radius 1 is 0.763 bits per heavy atom. The van der Waals surface area contributed by atoms with E-state index in [-0.39, 0.29) is 5.56 Å². The highest BCUT2D eigenvalue weighted by Crippen LogP contribution is 2.38. The quantitative estimate of drug-likeness (QED) is 0.277. The van der Waals surface area contributed by atoms with Crippen LogP contribution in [0.1, 0.15) is 11.4 Å². The summed E-state index contributed by atoms with van der Waals surface area (Å²) in [7, 11) is 6.46. The van der Waals surface area contributed by atoms with E-state index < -0.39 is 0 Å². The smallest absolute Gasteiger partial charge is 0.261 e. The Morgan fingerprint density at radius 3 is 2.24 bits per heavy atom. The Labute approximate surface area is 220 Å². The Balaban J connectivity index is 1.48. The van der Waals surface area contributed by atoms with Crippen LogP contribution in [0.15, 0.2) is 83.9 Å². The average Bonchev–Trinajstić information content (AvgIpc) is 2.95. The van der Waals surface area contributed by atoms with Gasteiger partial charge in [0.1, 0.15) is 23.1 Å². The number of hydrogen-bond donors (Lipinski definition) is 0. The summed E-state index contributed by atoms with van der Waals surface area (Å²) in [5.74, 6) is 3.47. The predicted molar refractivity (Wildman–Crippen MR) is 146 cm³/mol. The average molecular weight is 510 g/mol. The lowest BCUT2D eigenvalue weighted by molar-refractivity contribution is 0.355. The maximum atomic E-state index is 13.3. The van der Waals surface area contributed by atoms with Gasteiger partial charge in [-0.2, -0.15) is 0 Å². The first-order chi connectivity index (χ1) is 18.5. The van der Waals surface area contributed by atoms with Gasteiger partial charge in [0.15, 0.2) is 11.5 Å². The minimum atomic E-state index is -0.154. The van der Waals surface area contributed by atoms with Gasteiger partial charge in [-0.25, -0.2) is 4.98 Å². The van der Waals surface area contributed by atoms with Crippen molar-refractivity contribution in [3.8, 4) is 39.9 Å². The molecule has 0 saturated carbocycles. The summed E-state index contributed by atoms with van der Waals surface area (Å²) in [6, 6.07) is 20.7. The Morgan fingerprint density at radius 2 is 1.50 bits per heavy atom. The van der Waals surface area contributed by atoms with E-state index in [0.29, 0.717) is 57.6 Å². The van der Waals surface area contributed by atoms with E-state index in [0.717, 1.165) is 10.9 Å². The SMILES string of the molecule is COc1cc2nccc(Oc3ccc(-c4cnc(Cc5ccccc5)n(C)c4=O)c(OC)c3)c2cc1OC. The number of nitrogens with zero attached hydrogens (tertiary/aromatic N) is 3. The highest BCUT2D eigenvalue weighted by Gasteiger charge is 2.16. The van der Waals surface area contributed by atoms with Gasteiger partial charge in [0.25, 0.3) is 5.56 Å². The summed E-state index contributed by atoms with van der Waals surface area (Å²) in [6.07, 6.45) is 3.84. The molecule has 8 nitrogen and oxygen atoms in total. The molecule has 3 aromatic carbocycles. The molecule has 38 heavy (non-hydrogen) atoms. The second-order valence-corrected chi connectivity index (χ2v) is 8.61. The number of ether oxygens (including phenoxy) is 4. The molecule has 192 valence electrons. The van der Waals surface area contributed by atoms with Crippen molar-refractivity contribution < 1.29 is 18.9 Å². The Hall–Kier alpha value is -4.85. The summed E-state index contributed by atoms with van der Waals surface area (Å²) < 4.78 is 24.3. The van der Waals surface area contributed by atoms with Crippen LogP contribution in [-0.2, 0) is 13.5 Å². The third-order valence-corrected chi connectivity index (χ3v) is 6.37. The van der Waals surface area contributed by atoms with Crippen LogP contribution in [0, 0.1) is 0 Å². The summed E-state index contributed by atoms with van der Waals surface area (Å²) in [4.78, 5) is 22.3. The first-order valence-electron chi connectivity index (χ1n) is 12.0. The van der Waals surface area contributed by atoms with Crippen molar-refractivity contribution in [1.29, 1.82) is 0 Å². The fourth-order valence-electron chi connectivity index (χ4n) is 4.33. The molecule has 0 atom stereocenters. The summed E-state index contributed by atoms with van der Waals surface area (Å²) in [5.41, 5.74) is 2.71. The molecule has 0 saturated heterocycles. The van der Waals surface area contributed by atoms with Crippen molar-refractivity contribution in [3.63, 3.8) is 0 Å². The molecular formula is C30H27N3O5. The number of pyridine rings is 1. The minimum Gasteiger partial charge on any atom is -0.496 e.